The Kier molecular flexibility index (Phi) is 4.22. The first-order chi connectivity index (χ1) is 9.13. The minimum atomic E-state index is 0.106. The van der Waals surface area contributed by atoms with Crippen LogP contribution in [0.2, 0.25) is 0 Å². The van der Waals surface area contributed by atoms with Crippen LogP contribution in [0.4, 0.5) is 0 Å². The number of methoxy groups -OCH3 is 1. The molecule has 102 valence electrons. The van der Waals surface area contributed by atoms with E-state index in [2.05, 4.69) is 11.8 Å². The summed E-state index contributed by atoms with van der Waals surface area (Å²) in [5, 5.41) is 9.55. The first-order valence-electron chi connectivity index (χ1n) is 6.47. The van der Waals surface area contributed by atoms with Gasteiger partial charge < -0.3 is 9.84 Å². The topological polar surface area (TPSA) is 49.8 Å². The van der Waals surface area contributed by atoms with Crippen molar-refractivity contribution in [1.29, 1.82) is 0 Å². The molecule has 1 fully saturated rings. The van der Waals surface area contributed by atoms with E-state index in [4.69, 9.17) is 4.74 Å². The van der Waals surface area contributed by atoms with Crippen molar-refractivity contribution in [3.63, 3.8) is 0 Å². The van der Waals surface area contributed by atoms with Gasteiger partial charge in [-0.15, -0.1) is 0 Å². The highest BCUT2D eigenvalue weighted by Gasteiger charge is 2.20. The fourth-order valence-corrected chi connectivity index (χ4v) is 2.21. The summed E-state index contributed by atoms with van der Waals surface area (Å²) in [5.74, 6) is 0.733. The van der Waals surface area contributed by atoms with Gasteiger partial charge in [-0.2, -0.15) is 0 Å². The highest BCUT2D eigenvalue weighted by molar-refractivity contribution is 6.00. The Labute approximate surface area is 113 Å². The van der Waals surface area contributed by atoms with Crippen molar-refractivity contribution in [2.75, 3.05) is 26.7 Å². The molecule has 1 aliphatic rings. The van der Waals surface area contributed by atoms with E-state index in [1.807, 2.05) is 6.08 Å². The van der Waals surface area contributed by atoms with E-state index in [1.165, 1.54) is 7.11 Å². The van der Waals surface area contributed by atoms with Crippen LogP contribution in [0.1, 0.15) is 18.9 Å². The van der Waals surface area contributed by atoms with Gasteiger partial charge in [-0.3, -0.25) is 9.69 Å². The van der Waals surface area contributed by atoms with Gasteiger partial charge in [0.1, 0.15) is 0 Å². The zero-order valence-electron chi connectivity index (χ0n) is 11.3. The molecule has 0 saturated carbocycles. The average molecular weight is 261 g/mol. The van der Waals surface area contributed by atoms with Gasteiger partial charge >= 0.3 is 0 Å². The number of Topliss-reactive ketones (excluding diaryl/α,β-unsaturated/α-hetero) is 1. The van der Waals surface area contributed by atoms with Gasteiger partial charge in [-0.25, -0.2) is 0 Å². The molecule has 1 heterocycles. The SMILES string of the molecule is CCN1CCC(=O)/C(=C/c2ccc(O)c(OC)c2)C1. The Hall–Kier alpha value is -1.81. The van der Waals surface area contributed by atoms with Crippen molar-refractivity contribution in [3.05, 3.63) is 29.3 Å². The quantitative estimate of drug-likeness (QED) is 0.846. The largest absolute Gasteiger partial charge is 0.504 e. The lowest BCUT2D eigenvalue weighted by atomic mass is 10.0. The standard InChI is InChI=1S/C15H19NO3/c1-3-16-7-6-13(17)12(10-16)8-11-4-5-14(18)15(9-11)19-2/h4-5,8-9,18H,3,6-7,10H2,1-2H3/b12-8+. The van der Waals surface area contributed by atoms with Crippen molar-refractivity contribution < 1.29 is 14.6 Å². The summed E-state index contributed by atoms with van der Waals surface area (Å²) in [6, 6.07) is 5.10. The molecule has 0 bridgehead atoms. The molecule has 1 N–H and O–H groups in total. The third-order valence-electron chi connectivity index (χ3n) is 3.40. The number of aromatic hydroxyl groups is 1. The average Bonchev–Trinajstić information content (AvgIpc) is 2.43. The predicted molar refractivity (Wildman–Crippen MR) is 74.4 cm³/mol. The van der Waals surface area contributed by atoms with Crippen LogP contribution in [-0.2, 0) is 4.79 Å². The fraction of sp³-hybridized carbons (Fsp3) is 0.400. The lowest BCUT2D eigenvalue weighted by Crippen LogP contribution is -2.35. The van der Waals surface area contributed by atoms with Crippen molar-refractivity contribution in [1.82, 2.24) is 4.90 Å². The Balaban J connectivity index is 2.26. The molecule has 4 heteroatoms. The molecule has 1 aromatic rings. The van der Waals surface area contributed by atoms with Gasteiger partial charge in [0, 0.05) is 25.1 Å². The van der Waals surface area contributed by atoms with Crippen LogP contribution in [-0.4, -0.2) is 42.5 Å². The Morgan fingerprint density at radius 1 is 1.47 bits per heavy atom. The normalized spacial score (nSPS) is 18.8. The first-order valence-corrected chi connectivity index (χ1v) is 6.47. The highest BCUT2D eigenvalue weighted by Crippen LogP contribution is 2.27. The molecule has 19 heavy (non-hydrogen) atoms. The van der Waals surface area contributed by atoms with E-state index in [9.17, 15) is 9.90 Å². The number of piperidine rings is 1. The maximum absolute atomic E-state index is 11.9. The Morgan fingerprint density at radius 2 is 2.26 bits per heavy atom. The van der Waals surface area contributed by atoms with Gasteiger partial charge in [-0.05, 0) is 30.3 Å². The number of rotatable bonds is 3. The molecule has 0 aromatic heterocycles. The zero-order valence-corrected chi connectivity index (χ0v) is 11.3. The summed E-state index contributed by atoms with van der Waals surface area (Å²) < 4.78 is 5.07. The third kappa shape index (κ3) is 3.15. The number of hydrogen-bond acceptors (Lipinski definition) is 4. The number of likely N-dealkylation sites (tertiary alicyclic amines) is 1. The lowest BCUT2D eigenvalue weighted by Gasteiger charge is -2.26. The summed E-state index contributed by atoms with van der Waals surface area (Å²) in [4.78, 5) is 14.1. The molecule has 0 radical (unpaired) electrons. The molecular weight excluding hydrogens is 242 g/mol. The van der Waals surface area contributed by atoms with Crippen LogP contribution in [0.15, 0.2) is 23.8 Å². The summed E-state index contributed by atoms with van der Waals surface area (Å²) in [7, 11) is 1.51. The van der Waals surface area contributed by atoms with E-state index >= 15 is 0 Å². The van der Waals surface area contributed by atoms with Crippen LogP contribution in [0.25, 0.3) is 6.08 Å². The molecule has 0 aliphatic carbocycles. The summed E-state index contributed by atoms with van der Waals surface area (Å²) in [6.45, 7) is 4.57. The van der Waals surface area contributed by atoms with Crippen LogP contribution >= 0.6 is 0 Å². The molecule has 2 rings (SSSR count). The van der Waals surface area contributed by atoms with Crippen LogP contribution < -0.4 is 4.74 Å². The maximum Gasteiger partial charge on any atom is 0.161 e. The van der Waals surface area contributed by atoms with Crippen molar-refractivity contribution in [3.8, 4) is 11.5 Å². The van der Waals surface area contributed by atoms with Crippen molar-refractivity contribution in [2.45, 2.75) is 13.3 Å². The molecule has 4 nitrogen and oxygen atoms in total. The monoisotopic (exact) mass is 261 g/mol. The number of hydrogen-bond donors (Lipinski definition) is 1. The second-order valence-corrected chi connectivity index (χ2v) is 4.64. The number of benzene rings is 1. The molecule has 1 aliphatic heterocycles. The summed E-state index contributed by atoms with van der Waals surface area (Å²) in [6.07, 6.45) is 2.46. The predicted octanol–water partition coefficient (Wildman–Crippen LogP) is 2.08. The number of likely N-dealkylation sites (N-methyl/N-ethyl adjacent to an activating group) is 1. The van der Waals surface area contributed by atoms with Gasteiger partial charge in [0.05, 0.1) is 7.11 Å². The summed E-state index contributed by atoms with van der Waals surface area (Å²) in [5.41, 5.74) is 1.69. The second kappa shape index (κ2) is 5.89. The number of ether oxygens (including phenoxy) is 1. The smallest absolute Gasteiger partial charge is 0.161 e. The van der Waals surface area contributed by atoms with E-state index < -0.39 is 0 Å². The van der Waals surface area contributed by atoms with Gasteiger partial charge in [0.25, 0.3) is 0 Å². The molecule has 0 atom stereocenters. The van der Waals surface area contributed by atoms with Crippen LogP contribution in [0, 0.1) is 0 Å². The number of carbonyl (C=O) groups is 1. The van der Waals surface area contributed by atoms with Crippen LogP contribution in [0.3, 0.4) is 0 Å². The maximum atomic E-state index is 11.9. The van der Waals surface area contributed by atoms with Crippen molar-refractivity contribution >= 4 is 11.9 Å². The number of nitrogens with zero attached hydrogens (tertiary/aromatic N) is 1. The fourth-order valence-electron chi connectivity index (χ4n) is 2.21. The van der Waals surface area contributed by atoms with E-state index in [0.717, 1.165) is 24.2 Å². The van der Waals surface area contributed by atoms with Gasteiger partial charge in [0.2, 0.25) is 0 Å². The first kappa shape index (κ1) is 13.6. The zero-order chi connectivity index (χ0) is 13.8. The Morgan fingerprint density at radius 3 is 2.95 bits per heavy atom. The molecule has 0 unspecified atom stereocenters. The van der Waals surface area contributed by atoms with Gasteiger partial charge in [0.15, 0.2) is 17.3 Å². The molecule has 0 amide bonds. The lowest BCUT2D eigenvalue weighted by molar-refractivity contribution is -0.117. The molecule has 0 spiro atoms. The van der Waals surface area contributed by atoms with E-state index in [0.29, 0.717) is 18.7 Å². The minimum absolute atomic E-state index is 0.106. The van der Waals surface area contributed by atoms with Crippen LogP contribution in [0.5, 0.6) is 11.5 Å². The number of phenols is 1. The van der Waals surface area contributed by atoms with Crippen molar-refractivity contribution in [2.24, 2.45) is 0 Å². The highest BCUT2D eigenvalue weighted by atomic mass is 16.5. The minimum Gasteiger partial charge on any atom is -0.504 e. The third-order valence-corrected chi connectivity index (χ3v) is 3.40. The summed E-state index contributed by atoms with van der Waals surface area (Å²) >= 11 is 0. The molecular formula is C15H19NO3. The molecule has 1 aromatic carbocycles. The van der Waals surface area contributed by atoms with Gasteiger partial charge in [-0.1, -0.05) is 13.0 Å². The number of phenolic OH excluding ortho intramolecular Hbond substituents is 1. The molecule has 1 saturated heterocycles. The number of ketones is 1. The second-order valence-electron chi connectivity index (χ2n) is 4.64. The Bertz CT molecular complexity index is 508. The van der Waals surface area contributed by atoms with E-state index in [1.54, 1.807) is 18.2 Å². The van der Waals surface area contributed by atoms with E-state index in [-0.39, 0.29) is 11.5 Å². The number of carbonyl (C=O) groups excluding carboxylic acids is 1.